The lowest BCUT2D eigenvalue weighted by Crippen LogP contribution is -2.02. The standard InChI is InChI=1S/C26H26ClN7/c1-16-28-13-25(33(16)3)18-6-7-22(21(27)8-18)31-26-10-24-19(11-29-26)9-23(20-12-30-32(2)15-20)34(24)14-17-4-5-17/h6-13,15,17H,4-5,14H2,1-3H3,(H,29,31). The molecule has 0 unspecified atom stereocenters. The molecule has 1 fully saturated rings. The van der Waals surface area contributed by atoms with Crippen LogP contribution in [0.4, 0.5) is 11.5 Å². The van der Waals surface area contributed by atoms with Crippen molar-refractivity contribution in [2.24, 2.45) is 20.0 Å². The minimum Gasteiger partial charge on any atom is -0.340 e. The van der Waals surface area contributed by atoms with Crippen LogP contribution in [0.25, 0.3) is 33.4 Å². The summed E-state index contributed by atoms with van der Waals surface area (Å²) in [7, 11) is 3.96. The second-order valence-corrected chi connectivity index (χ2v) is 9.59. The number of fused-ring (bicyclic) bond motifs is 1. The Kier molecular flexibility index (Phi) is 4.95. The average Bonchev–Trinajstić information content (AvgIpc) is 3.29. The molecule has 6 rings (SSSR count). The summed E-state index contributed by atoms with van der Waals surface area (Å²) < 4.78 is 6.31. The molecule has 0 radical (unpaired) electrons. The van der Waals surface area contributed by atoms with E-state index in [0.717, 1.165) is 52.0 Å². The zero-order valence-corrected chi connectivity index (χ0v) is 20.2. The topological polar surface area (TPSA) is 65.5 Å². The molecule has 4 heterocycles. The fourth-order valence-corrected chi connectivity index (χ4v) is 4.68. The Morgan fingerprint density at radius 1 is 1.00 bits per heavy atom. The second-order valence-electron chi connectivity index (χ2n) is 9.18. The number of anilines is 2. The molecule has 1 aromatic carbocycles. The predicted octanol–water partition coefficient (Wildman–Crippen LogP) is 5.95. The molecule has 172 valence electrons. The molecule has 0 aliphatic heterocycles. The molecule has 34 heavy (non-hydrogen) atoms. The molecule has 1 aliphatic rings. The van der Waals surface area contributed by atoms with Crippen LogP contribution in [0.2, 0.25) is 5.02 Å². The van der Waals surface area contributed by atoms with E-state index in [1.807, 2.05) is 56.4 Å². The van der Waals surface area contributed by atoms with Gasteiger partial charge in [-0.05, 0) is 43.9 Å². The summed E-state index contributed by atoms with van der Waals surface area (Å²) in [4.78, 5) is 9.06. The largest absolute Gasteiger partial charge is 0.340 e. The monoisotopic (exact) mass is 471 g/mol. The number of hydrogen-bond donors (Lipinski definition) is 1. The molecule has 8 heteroatoms. The number of nitrogens with zero attached hydrogens (tertiary/aromatic N) is 6. The van der Waals surface area contributed by atoms with E-state index in [1.54, 1.807) is 0 Å². The summed E-state index contributed by atoms with van der Waals surface area (Å²) in [5.74, 6) is 2.48. The third kappa shape index (κ3) is 3.76. The summed E-state index contributed by atoms with van der Waals surface area (Å²) in [6, 6.07) is 10.3. The minimum atomic E-state index is 0.641. The van der Waals surface area contributed by atoms with Crippen molar-refractivity contribution in [2.75, 3.05) is 5.32 Å². The van der Waals surface area contributed by atoms with E-state index in [2.05, 4.69) is 53.9 Å². The van der Waals surface area contributed by atoms with Crippen molar-refractivity contribution < 1.29 is 0 Å². The molecule has 0 amide bonds. The van der Waals surface area contributed by atoms with Crippen molar-refractivity contribution in [2.45, 2.75) is 26.3 Å². The highest BCUT2D eigenvalue weighted by atomic mass is 35.5. The number of pyridine rings is 1. The van der Waals surface area contributed by atoms with Gasteiger partial charge in [0.1, 0.15) is 11.6 Å². The van der Waals surface area contributed by atoms with Gasteiger partial charge in [0.2, 0.25) is 0 Å². The van der Waals surface area contributed by atoms with E-state index in [1.165, 1.54) is 24.1 Å². The number of hydrogen-bond acceptors (Lipinski definition) is 4. The highest BCUT2D eigenvalue weighted by Gasteiger charge is 2.24. The van der Waals surface area contributed by atoms with Crippen molar-refractivity contribution in [3.8, 4) is 22.5 Å². The maximum atomic E-state index is 6.67. The molecule has 0 saturated heterocycles. The third-order valence-corrected chi connectivity index (χ3v) is 6.98. The average molecular weight is 472 g/mol. The Hall–Kier alpha value is -3.58. The van der Waals surface area contributed by atoms with E-state index >= 15 is 0 Å². The predicted molar refractivity (Wildman–Crippen MR) is 136 cm³/mol. The van der Waals surface area contributed by atoms with Crippen LogP contribution in [0.1, 0.15) is 18.7 Å². The number of nitrogens with one attached hydrogen (secondary N) is 1. The van der Waals surface area contributed by atoms with Crippen molar-refractivity contribution in [3.63, 3.8) is 0 Å². The highest BCUT2D eigenvalue weighted by molar-refractivity contribution is 6.33. The first kappa shape index (κ1) is 21.0. The fourth-order valence-electron chi connectivity index (χ4n) is 4.46. The molecule has 0 spiro atoms. The summed E-state index contributed by atoms with van der Waals surface area (Å²) in [6.45, 7) is 3.00. The molecule has 5 aromatic rings. The zero-order valence-electron chi connectivity index (χ0n) is 19.5. The minimum absolute atomic E-state index is 0.641. The van der Waals surface area contributed by atoms with Gasteiger partial charge in [-0.3, -0.25) is 4.68 Å². The van der Waals surface area contributed by atoms with Crippen LogP contribution in [0.5, 0.6) is 0 Å². The van der Waals surface area contributed by atoms with E-state index in [4.69, 9.17) is 11.6 Å². The lowest BCUT2D eigenvalue weighted by molar-refractivity contribution is 0.652. The van der Waals surface area contributed by atoms with Crippen LogP contribution in [0.15, 0.2) is 55.1 Å². The number of halogens is 1. The van der Waals surface area contributed by atoms with Gasteiger partial charge in [-0.15, -0.1) is 0 Å². The first-order valence-electron chi connectivity index (χ1n) is 11.5. The van der Waals surface area contributed by atoms with Gasteiger partial charge in [0.25, 0.3) is 0 Å². The lowest BCUT2D eigenvalue weighted by Gasteiger charge is -2.12. The van der Waals surface area contributed by atoms with Crippen LogP contribution < -0.4 is 5.32 Å². The van der Waals surface area contributed by atoms with E-state index < -0.39 is 0 Å². The van der Waals surface area contributed by atoms with Gasteiger partial charge in [0.15, 0.2) is 0 Å². The third-order valence-electron chi connectivity index (χ3n) is 6.67. The highest BCUT2D eigenvalue weighted by Crippen LogP contribution is 2.37. The molecule has 1 saturated carbocycles. The Labute approximate surface area is 203 Å². The second kappa shape index (κ2) is 8.02. The number of imidazole rings is 1. The van der Waals surface area contributed by atoms with Crippen LogP contribution in [0.3, 0.4) is 0 Å². The van der Waals surface area contributed by atoms with Crippen molar-refractivity contribution in [1.29, 1.82) is 0 Å². The Morgan fingerprint density at radius 2 is 1.85 bits per heavy atom. The van der Waals surface area contributed by atoms with Crippen molar-refractivity contribution in [3.05, 3.63) is 66.0 Å². The van der Waals surface area contributed by atoms with Crippen LogP contribution in [-0.2, 0) is 20.6 Å². The smallest absolute Gasteiger partial charge is 0.132 e. The first-order valence-corrected chi connectivity index (χ1v) is 11.9. The van der Waals surface area contributed by atoms with E-state index in [0.29, 0.717) is 5.02 Å². The van der Waals surface area contributed by atoms with Gasteiger partial charge in [-0.2, -0.15) is 5.10 Å². The quantitative estimate of drug-likeness (QED) is 0.332. The molecule has 0 bridgehead atoms. The van der Waals surface area contributed by atoms with E-state index in [-0.39, 0.29) is 0 Å². The molecular weight excluding hydrogens is 446 g/mol. The fraction of sp³-hybridized carbons (Fsp3) is 0.269. The maximum Gasteiger partial charge on any atom is 0.132 e. The summed E-state index contributed by atoms with van der Waals surface area (Å²) in [5, 5.41) is 9.55. The first-order chi connectivity index (χ1) is 16.5. The Morgan fingerprint density at radius 3 is 2.53 bits per heavy atom. The van der Waals surface area contributed by atoms with Gasteiger partial charge in [-0.25, -0.2) is 9.97 Å². The Balaban J connectivity index is 1.35. The van der Waals surface area contributed by atoms with E-state index in [9.17, 15) is 0 Å². The van der Waals surface area contributed by atoms with Crippen molar-refractivity contribution >= 4 is 34.0 Å². The molecular formula is C26H26ClN7. The van der Waals surface area contributed by atoms with Gasteiger partial charge >= 0.3 is 0 Å². The van der Waals surface area contributed by atoms with Crippen molar-refractivity contribution in [1.82, 2.24) is 28.9 Å². The lowest BCUT2D eigenvalue weighted by atomic mass is 10.1. The van der Waals surface area contributed by atoms with Gasteiger partial charge in [-0.1, -0.05) is 17.7 Å². The molecule has 1 N–H and O–H groups in total. The molecule has 4 aromatic heterocycles. The Bertz CT molecular complexity index is 1520. The SMILES string of the molecule is Cc1ncc(-c2ccc(Nc3cc4c(cn3)cc(-c3cnn(C)c3)n4CC3CC3)c(Cl)c2)n1C. The normalized spacial score (nSPS) is 13.6. The number of aryl methyl sites for hydroxylation is 2. The van der Waals surface area contributed by atoms with Crippen LogP contribution in [-0.4, -0.2) is 28.9 Å². The molecule has 7 nitrogen and oxygen atoms in total. The summed E-state index contributed by atoms with van der Waals surface area (Å²) >= 11 is 6.67. The van der Waals surface area contributed by atoms with Crippen LogP contribution >= 0.6 is 11.6 Å². The van der Waals surface area contributed by atoms with Crippen LogP contribution in [0, 0.1) is 12.8 Å². The number of benzene rings is 1. The summed E-state index contributed by atoms with van der Waals surface area (Å²) in [6.07, 6.45) is 10.4. The number of aromatic nitrogens is 6. The molecule has 1 aliphatic carbocycles. The maximum absolute atomic E-state index is 6.67. The van der Waals surface area contributed by atoms with Gasteiger partial charge in [0, 0.05) is 55.6 Å². The zero-order chi connectivity index (χ0) is 23.4. The molecule has 0 atom stereocenters. The summed E-state index contributed by atoms with van der Waals surface area (Å²) in [5.41, 5.74) is 6.36. The number of rotatable bonds is 6. The van der Waals surface area contributed by atoms with Gasteiger partial charge < -0.3 is 14.5 Å². The van der Waals surface area contributed by atoms with Gasteiger partial charge in [0.05, 0.1) is 40.0 Å².